The van der Waals surface area contributed by atoms with Gasteiger partial charge in [-0.25, -0.2) is 13.2 Å². The number of hydrogen-bond acceptors (Lipinski definition) is 2. The zero-order valence-corrected chi connectivity index (χ0v) is 13.1. The molecule has 0 atom stereocenters. The van der Waals surface area contributed by atoms with Crippen LogP contribution in [0, 0.1) is 17.5 Å². The molecule has 2 N–H and O–H groups in total. The van der Waals surface area contributed by atoms with E-state index >= 15 is 0 Å². The highest BCUT2D eigenvalue weighted by Gasteiger charge is 2.18. The molecule has 0 spiro atoms. The Morgan fingerprint density at radius 3 is 2.28 bits per heavy atom. The molecule has 0 heterocycles. The Kier molecular flexibility index (Phi) is 6.33. The molecule has 2 aromatic carbocycles. The molecule has 0 saturated heterocycles. The van der Waals surface area contributed by atoms with Gasteiger partial charge in [-0.3, -0.25) is 9.59 Å². The first-order valence-corrected chi connectivity index (χ1v) is 7.41. The van der Waals surface area contributed by atoms with Crippen molar-refractivity contribution < 1.29 is 22.8 Å². The van der Waals surface area contributed by atoms with Gasteiger partial charge in [0.1, 0.15) is 0 Å². The summed E-state index contributed by atoms with van der Waals surface area (Å²) in [5.74, 6) is -5.88. The van der Waals surface area contributed by atoms with E-state index < -0.39 is 28.9 Å². The highest BCUT2D eigenvalue weighted by Crippen LogP contribution is 2.14. The van der Waals surface area contributed by atoms with Crippen LogP contribution in [0.3, 0.4) is 0 Å². The van der Waals surface area contributed by atoms with Crippen molar-refractivity contribution >= 4 is 17.9 Å². The van der Waals surface area contributed by atoms with Crippen molar-refractivity contribution in [2.75, 3.05) is 13.1 Å². The van der Waals surface area contributed by atoms with Crippen LogP contribution in [0.25, 0.3) is 6.08 Å². The van der Waals surface area contributed by atoms with E-state index in [4.69, 9.17) is 0 Å². The summed E-state index contributed by atoms with van der Waals surface area (Å²) in [4.78, 5) is 23.3. The van der Waals surface area contributed by atoms with Gasteiger partial charge in [0.15, 0.2) is 17.5 Å². The molecule has 25 heavy (non-hydrogen) atoms. The summed E-state index contributed by atoms with van der Waals surface area (Å²) in [5.41, 5.74) is 0.258. The summed E-state index contributed by atoms with van der Waals surface area (Å²) in [6.45, 7) is 0.0944. The lowest BCUT2D eigenvalue weighted by Gasteiger charge is -2.07. The second kappa shape index (κ2) is 8.68. The predicted molar refractivity (Wildman–Crippen MR) is 87.1 cm³/mol. The fourth-order valence-electron chi connectivity index (χ4n) is 1.95. The van der Waals surface area contributed by atoms with Gasteiger partial charge in [0, 0.05) is 19.2 Å². The fraction of sp³-hybridized carbons (Fsp3) is 0.111. The van der Waals surface area contributed by atoms with Crippen molar-refractivity contribution in [3.63, 3.8) is 0 Å². The zero-order valence-electron chi connectivity index (χ0n) is 13.1. The molecule has 0 aliphatic rings. The number of carbonyl (C=O) groups excluding carboxylic acids is 2. The Hall–Kier alpha value is -3.09. The third-order valence-electron chi connectivity index (χ3n) is 3.22. The van der Waals surface area contributed by atoms with Crippen molar-refractivity contribution in [1.29, 1.82) is 0 Å². The second-order valence-corrected chi connectivity index (χ2v) is 5.01. The van der Waals surface area contributed by atoms with Crippen molar-refractivity contribution in [1.82, 2.24) is 10.6 Å². The smallest absolute Gasteiger partial charge is 0.254 e. The van der Waals surface area contributed by atoms with Crippen molar-refractivity contribution in [2.24, 2.45) is 0 Å². The van der Waals surface area contributed by atoms with Crippen LogP contribution >= 0.6 is 0 Å². The minimum atomic E-state index is -1.70. The highest BCUT2D eigenvalue weighted by molar-refractivity contribution is 5.94. The first-order chi connectivity index (χ1) is 12.0. The number of halogens is 3. The van der Waals surface area contributed by atoms with Gasteiger partial charge >= 0.3 is 0 Å². The Balaban J connectivity index is 1.77. The van der Waals surface area contributed by atoms with Gasteiger partial charge in [-0.2, -0.15) is 0 Å². The van der Waals surface area contributed by atoms with Crippen LogP contribution in [-0.4, -0.2) is 24.9 Å². The first-order valence-electron chi connectivity index (χ1n) is 7.41. The molecule has 0 aromatic heterocycles. The van der Waals surface area contributed by atoms with E-state index in [2.05, 4.69) is 10.6 Å². The Bertz CT molecular complexity index is 792. The van der Waals surface area contributed by atoms with E-state index in [-0.39, 0.29) is 19.0 Å². The van der Waals surface area contributed by atoms with Crippen LogP contribution in [0.4, 0.5) is 13.2 Å². The van der Waals surface area contributed by atoms with Crippen LogP contribution < -0.4 is 10.6 Å². The van der Waals surface area contributed by atoms with Crippen LogP contribution in [0.1, 0.15) is 15.9 Å². The third kappa shape index (κ3) is 5.20. The molecule has 0 fully saturated rings. The molecule has 0 aliphatic heterocycles. The Morgan fingerprint density at radius 1 is 0.880 bits per heavy atom. The zero-order chi connectivity index (χ0) is 18.2. The summed E-state index contributed by atoms with van der Waals surface area (Å²) in [7, 11) is 0. The van der Waals surface area contributed by atoms with Crippen LogP contribution in [-0.2, 0) is 4.79 Å². The number of carbonyl (C=O) groups is 2. The van der Waals surface area contributed by atoms with Gasteiger partial charge < -0.3 is 10.6 Å². The van der Waals surface area contributed by atoms with Crippen LogP contribution in [0.5, 0.6) is 0 Å². The van der Waals surface area contributed by atoms with Crippen molar-refractivity contribution in [3.8, 4) is 0 Å². The van der Waals surface area contributed by atoms with E-state index in [1.165, 1.54) is 6.08 Å². The SMILES string of the molecule is O=C(/C=C/c1ccccc1)NCCNC(=O)c1ccc(F)c(F)c1F. The molecule has 0 aliphatic carbocycles. The quantitative estimate of drug-likeness (QED) is 0.479. The molecule has 130 valence electrons. The molecule has 0 bridgehead atoms. The number of nitrogens with one attached hydrogen (secondary N) is 2. The van der Waals surface area contributed by atoms with E-state index in [1.807, 2.05) is 30.3 Å². The monoisotopic (exact) mass is 348 g/mol. The number of amides is 2. The summed E-state index contributed by atoms with van der Waals surface area (Å²) >= 11 is 0. The third-order valence-corrected chi connectivity index (χ3v) is 3.22. The van der Waals surface area contributed by atoms with Crippen molar-refractivity contribution in [3.05, 3.63) is 77.1 Å². The number of hydrogen-bond donors (Lipinski definition) is 2. The van der Waals surface area contributed by atoms with Gasteiger partial charge in [-0.05, 0) is 23.8 Å². The summed E-state index contributed by atoms with van der Waals surface area (Å²) in [6.07, 6.45) is 2.97. The van der Waals surface area contributed by atoms with Gasteiger partial charge in [-0.1, -0.05) is 30.3 Å². The predicted octanol–water partition coefficient (Wildman–Crippen LogP) is 2.66. The van der Waals surface area contributed by atoms with Crippen molar-refractivity contribution in [2.45, 2.75) is 0 Å². The lowest BCUT2D eigenvalue weighted by Crippen LogP contribution is -2.34. The standard InChI is InChI=1S/C18H15F3N2O2/c19-14-8-7-13(16(20)17(14)21)18(25)23-11-10-22-15(24)9-6-12-4-2-1-3-5-12/h1-9H,10-11H2,(H,22,24)(H,23,25)/b9-6+. The van der Waals surface area contributed by atoms with E-state index in [9.17, 15) is 22.8 Å². The molecule has 7 heteroatoms. The molecule has 2 rings (SSSR count). The second-order valence-electron chi connectivity index (χ2n) is 5.01. The van der Waals surface area contributed by atoms with Gasteiger partial charge in [-0.15, -0.1) is 0 Å². The highest BCUT2D eigenvalue weighted by atomic mass is 19.2. The van der Waals surface area contributed by atoms with Gasteiger partial charge in [0.2, 0.25) is 5.91 Å². The van der Waals surface area contributed by atoms with E-state index in [1.54, 1.807) is 6.08 Å². The molecule has 0 saturated carbocycles. The van der Waals surface area contributed by atoms with Crippen LogP contribution in [0.2, 0.25) is 0 Å². The molecule has 0 unspecified atom stereocenters. The first kappa shape index (κ1) is 18.3. The lowest BCUT2D eigenvalue weighted by atomic mass is 10.2. The Morgan fingerprint density at radius 2 is 1.56 bits per heavy atom. The van der Waals surface area contributed by atoms with Gasteiger partial charge in [0.25, 0.3) is 5.91 Å². The largest absolute Gasteiger partial charge is 0.351 e. The molecule has 4 nitrogen and oxygen atoms in total. The van der Waals surface area contributed by atoms with E-state index in [0.717, 1.165) is 11.6 Å². The number of benzene rings is 2. The minimum Gasteiger partial charge on any atom is -0.351 e. The topological polar surface area (TPSA) is 58.2 Å². The van der Waals surface area contributed by atoms with E-state index in [0.29, 0.717) is 6.07 Å². The fourth-order valence-corrected chi connectivity index (χ4v) is 1.95. The lowest BCUT2D eigenvalue weighted by molar-refractivity contribution is -0.116. The van der Waals surface area contributed by atoms with Crippen LogP contribution in [0.15, 0.2) is 48.5 Å². The normalized spacial score (nSPS) is 10.7. The molecule has 0 radical (unpaired) electrons. The summed E-state index contributed by atoms with van der Waals surface area (Å²) in [5, 5.41) is 4.84. The molecule has 2 aromatic rings. The average molecular weight is 348 g/mol. The maximum absolute atomic E-state index is 13.5. The maximum Gasteiger partial charge on any atom is 0.254 e. The summed E-state index contributed by atoms with van der Waals surface area (Å²) < 4.78 is 39.3. The van der Waals surface area contributed by atoms with Gasteiger partial charge in [0.05, 0.1) is 5.56 Å². The average Bonchev–Trinajstić information content (AvgIpc) is 2.62. The minimum absolute atomic E-state index is 0.00217. The summed E-state index contributed by atoms with van der Waals surface area (Å²) in [6, 6.07) is 10.7. The Labute approximate surface area is 142 Å². The maximum atomic E-state index is 13.5. The molecule has 2 amide bonds. The molecular formula is C18H15F3N2O2. The molecular weight excluding hydrogens is 333 g/mol. The number of rotatable bonds is 6.